The fourth-order valence-corrected chi connectivity index (χ4v) is 1.56. The Bertz CT molecular complexity index is 502. The number of methoxy groups -OCH3 is 2. The van der Waals surface area contributed by atoms with Crippen LogP contribution < -0.4 is 14.8 Å². The second kappa shape index (κ2) is 5.39. The Morgan fingerprint density at radius 3 is 2.33 bits per heavy atom. The highest BCUT2D eigenvalue weighted by molar-refractivity contribution is 5.53. The van der Waals surface area contributed by atoms with E-state index >= 15 is 0 Å². The van der Waals surface area contributed by atoms with Gasteiger partial charge in [0.15, 0.2) is 5.82 Å². The third-order valence-corrected chi connectivity index (χ3v) is 2.61. The number of anilines is 1. The summed E-state index contributed by atoms with van der Waals surface area (Å²) in [4.78, 5) is 0. The van der Waals surface area contributed by atoms with Crippen molar-refractivity contribution in [1.82, 2.24) is 14.8 Å². The molecule has 0 bridgehead atoms. The van der Waals surface area contributed by atoms with Gasteiger partial charge in [-0.15, -0.1) is 10.2 Å². The smallest absolute Gasteiger partial charge is 0.151 e. The molecule has 1 aromatic carbocycles. The van der Waals surface area contributed by atoms with Crippen molar-refractivity contribution in [3.63, 3.8) is 0 Å². The van der Waals surface area contributed by atoms with E-state index in [1.165, 1.54) is 0 Å². The highest BCUT2D eigenvalue weighted by Gasteiger charge is 2.04. The highest BCUT2D eigenvalue weighted by Crippen LogP contribution is 2.25. The van der Waals surface area contributed by atoms with Crippen LogP contribution in [0.5, 0.6) is 11.5 Å². The summed E-state index contributed by atoms with van der Waals surface area (Å²) in [5.41, 5.74) is 0.911. The van der Waals surface area contributed by atoms with Crippen LogP contribution in [0.2, 0.25) is 0 Å². The van der Waals surface area contributed by atoms with Crippen molar-refractivity contribution in [3.8, 4) is 11.5 Å². The van der Waals surface area contributed by atoms with Crippen LogP contribution in [0.25, 0.3) is 0 Å². The van der Waals surface area contributed by atoms with Crippen LogP contribution in [0.3, 0.4) is 0 Å². The van der Waals surface area contributed by atoms with Crippen molar-refractivity contribution in [2.24, 2.45) is 7.05 Å². The molecule has 0 aliphatic heterocycles. The number of benzene rings is 1. The molecule has 6 heteroatoms. The van der Waals surface area contributed by atoms with E-state index in [4.69, 9.17) is 9.47 Å². The molecule has 2 aromatic rings. The van der Waals surface area contributed by atoms with Crippen LogP contribution in [-0.2, 0) is 13.6 Å². The van der Waals surface area contributed by atoms with E-state index in [9.17, 15) is 0 Å². The number of hydrogen-bond acceptors (Lipinski definition) is 5. The van der Waals surface area contributed by atoms with Gasteiger partial charge < -0.3 is 19.4 Å². The Morgan fingerprint density at radius 1 is 1.17 bits per heavy atom. The van der Waals surface area contributed by atoms with E-state index in [1.54, 1.807) is 20.5 Å². The molecule has 1 aromatic heterocycles. The normalized spacial score (nSPS) is 10.2. The highest BCUT2D eigenvalue weighted by atomic mass is 16.5. The van der Waals surface area contributed by atoms with E-state index in [0.717, 1.165) is 23.0 Å². The first-order valence-corrected chi connectivity index (χ1v) is 5.52. The number of nitrogens with one attached hydrogen (secondary N) is 1. The van der Waals surface area contributed by atoms with Gasteiger partial charge >= 0.3 is 0 Å². The van der Waals surface area contributed by atoms with Gasteiger partial charge in [0.25, 0.3) is 0 Å². The van der Waals surface area contributed by atoms with Crippen LogP contribution in [-0.4, -0.2) is 29.0 Å². The van der Waals surface area contributed by atoms with Crippen molar-refractivity contribution in [2.45, 2.75) is 6.54 Å². The molecule has 0 saturated heterocycles. The molecule has 0 saturated carbocycles. The Morgan fingerprint density at radius 2 is 1.83 bits per heavy atom. The van der Waals surface area contributed by atoms with Crippen LogP contribution >= 0.6 is 0 Å². The Labute approximate surface area is 106 Å². The minimum atomic E-state index is 0.590. The lowest BCUT2D eigenvalue weighted by molar-refractivity contribution is 0.394. The molecule has 2 rings (SSSR count). The number of aryl methyl sites for hydroxylation is 1. The SMILES string of the molecule is COc1cc(NCc2nncn2C)cc(OC)c1. The van der Waals surface area contributed by atoms with Crippen molar-refractivity contribution in [1.29, 1.82) is 0 Å². The van der Waals surface area contributed by atoms with Crippen molar-refractivity contribution >= 4 is 5.69 Å². The fourth-order valence-electron chi connectivity index (χ4n) is 1.56. The maximum atomic E-state index is 5.20. The maximum Gasteiger partial charge on any atom is 0.151 e. The van der Waals surface area contributed by atoms with E-state index in [2.05, 4.69) is 15.5 Å². The summed E-state index contributed by atoms with van der Waals surface area (Å²) in [5, 5.41) is 11.1. The van der Waals surface area contributed by atoms with Crippen LogP contribution in [0.1, 0.15) is 5.82 Å². The average molecular weight is 248 g/mol. The Balaban J connectivity index is 2.11. The predicted molar refractivity (Wildman–Crippen MR) is 67.9 cm³/mol. The molecule has 18 heavy (non-hydrogen) atoms. The zero-order valence-electron chi connectivity index (χ0n) is 10.7. The van der Waals surface area contributed by atoms with Crippen LogP contribution in [0.15, 0.2) is 24.5 Å². The lowest BCUT2D eigenvalue weighted by Crippen LogP contribution is -2.05. The van der Waals surface area contributed by atoms with Gasteiger partial charge in [-0.3, -0.25) is 0 Å². The Hall–Kier alpha value is -2.24. The molecule has 0 aliphatic carbocycles. The van der Waals surface area contributed by atoms with Gasteiger partial charge in [-0.1, -0.05) is 0 Å². The molecule has 0 aliphatic rings. The van der Waals surface area contributed by atoms with Gasteiger partial charge in [0.1, 0.15) is 17.8 Å². The summed E-state index contributed by atoms with van der Waals surface area (Å²) in [5.74, 6) is 2.35. The quantitative estimate of drug-likeness (QED) is 0.867. The standard InChI is InChI=1S/C12H16N4O2/c1-16-8-14-15-12(16)7-13-9-4-10(17-2)6-11(5-9)18-3/h4-6,8,13H,7H2,1-3H3. The van der Waals surface area contributed by atoms with Gasteiger partial charge in [-0.25, -0.2) is 0 Å². The molecule has 0 fully saturated rings. The first-order chi connectivity index (χ1) is 8.72. The lowest BCUT2D eigenvalue weighted by Gasteiger charge is -2.10. The molecule has 1 heterocycles. The van der Waals surface area contributed by atoms with Gasteiger partial charge in [0.05, 0.1) is 20.8 Å². The number of ether oxygens (including phenoxy) is 2. The molecule has 0 unspecified atom stereocenters. The third-order valence-electron chi connectivity index (χ3n) is 2.61. The van der Waals surface area contributed by atoms with Gasteiger partial charge in [-0.2, -0.15) is 0 Å². The zero-order valence-corrected chi connectivity index (χ0v) is 10.7. The van der Waals surface area contributed by atoms with Gasteiger partial charge in [0, 0.05) is 30.9 Å². The van der Waals surface area contributed by atoms with E-state index < -0.39 is 0 Å². The van der Waals surface area contributed by atoms with E-state index in [-0.39, 0.29) is 0 Å². The summed E-state index contributed by atoms with van der Waals surface area (Å²) in [6.07, 6.45) is 1.67. The number of aromatic nitrogens is 3. The first kappa shape index (κ1) is 12.2. The summed E-state index contributed by atoms with van der Waals surface area (Å²) >= 11 is 0. The minimum absolute atomic E-state index is 0.590. The molecule has 6 nitrogen and oxygen atoms in total. The summed E-state index contributed by atoms with van der Waals surface area (Å²) in [6, 6.07) is 5.63. The molecular formula is C12H16N4O2. The molecule has 0 amide bonds. The maximum absolute atomic E-state index is 5.20. The zero-order chi connectivity index (χ0) is 13.0. The number of rotatable bonds is 5. The third kappa shape index (κ3) is 2.71. The second-order valence-electron chi connectivity index (χ2n) is 3.81. The molecule has 1 N–H and O–H groups in total. The van der Waals surface area contributed by atoms with Crippen LogP contribution in [0.4, 0.5) is 5.69 Å². The molecular weight excluding hydrogens is 232 g/mol. The average Bonchev–Trinajstić information content (AvgIpc) is 2.81. The molecule has 96 valence electrons. The summed E-state index contributed by atoms with van der Waals surface area (Å²) in [6.45, 7) is 0.590. The second-order valence-corrected chi connectivity index (χ2v) is 3.81. The minimum Gasteiger partial charge on any atom is -0.497 e. The van der Waals surface area contributed by atoms with Gasteiger partial charge in [-0.05, 0) is 0 Å². The lowest BCUT2D eigenvalue weighted by atomic mass is 10.2. The largest absolute Gasteiger partial charge is 0.497 e. The van der Waals surface area contributed by atoms with Crippen LogP contribution in [0, 0.1) is 0 Å². The Kier molecular flexibility index (Phi) is 3.66. The van der Waals surface area contributed by atoms with Crippen molar-refractivity contribution in [3.05, 3.63) is 30.4 Å². The number of nitrogens with zero attached hydrogens (tertiary/aromatic N) is 3. The van der Waals surface area contributed by atoms with E-state index in [0.29, 0.717) is 6.54 Å². The van der Waals surface area contributed by atoms with Gasteiger partial charge in [0.2, 0.25) is 0 Å². The topological polar surface area (TPSA) is 61.2 Å². The summed E-state index contributed by atoms with van der Waals surface area (Å²) in [7, 11) is 5.16. The number of hydrogen-bond donors (Lipinski definition) is 1. The van der Waals surface area contributed by atoms with Crippen molar-refractivity contribution < 1.29 is 9.47 Å². The molecule has 0 atom stereocenters. The fraction of sp³-hybridized carbons (Fsp3) is 0.333. The molecule has 0 radical (unpaired) electrons. The first-order valence-electron chi connectivity index (χ1n) is 5.52. The van der Waals surface area contributed by atoms with E-state index in [1.807, 2.05) is 29.8 Å². The predicted octanol–water partition coefficient (Wildman–Crippen LogP) is 1.44. The summed E-state index contributed by atoms with van der Waals surface area (Å²) < 4.78 is 12.3. The monoisotopic (exact) mass is 248 g/mol. The molecule has 0 spiro atoms. The van der Waals surface area contributed by atoms with Crippen molar-refractivity contribution in [2.75, 3.05) is 19.5 Å².